The molecule has 1 aromatic heterocycles. The molecule has 8 nitrogen and oxygen atoms in total. The highest BCUT2D eigenvalue weighted by Gasteiger charge is 2.34. The fraction of sp³-hybridized carbons (Fsp3) is 0.458. The average molecular weight is 454 g/mol. The van der Waals surface area contributed by atoms with Crippen molar-refractivity contribution in [3.63, 3.8) is 0 Å². The number of anilines is 2. The first-order valence-electron chi connectivity index (χ1n) is 11.4. The Balaban J connectivity index is 1.41. The van der Waals surface area contributed by atoms with Crippen molar-refractivity contribution in [3.8, 4) is 11.8 Å². The van der Waals surface area contributed by atoms with Crippen LogP contribution in [0.5, 0.6) is 11.8 Å². The van der Waals surface area contributed by atoms with Gasteiger partial charge in [0, 0.05) is 44.2 Å². The number of methoxy groups -OCH3 is 1. The summed E-state index contributed by atoms with van der Waals surface area (Å²) in [5, 5.41) is 0. The van der Waals surface area contributed by atoms with Crippen LogP contribution in [0.1, 0.15) is 17.7 Å². The Morgan fingerprint density at radius 2 is 2.06 bits per heavy atom. The molecule has 33 heavy (non-hydrogen) atoms. The van der Waals surface area contributed by atoms with Gasteiger partial charge in [-0.1, -0.05) is 12.6 Å². The summed E-state index contributed by atoms with van der Waals surface area (Å²) in [5.74, 6) is 1.18. The van der Waals surface area contributed by atoms with E-state index in [1.54, 1.807) is 18.1 Å². The van der Waals surface area contributed by atoms with Crippen LogP contribution in [0, 0.1) is 5.82 Å². The van der Waals surface area contributed by atoms with Gasteiger partial charge in [-0.15, -0.1) is 0 Å². The molecule has 3 heterocycles. The summed E-state index contributed by atoms with van der Waals surface area (Å²) in [7, 11) is 1.57. The zero-order chi connectivity index (χ0) is 22.9. The molecule has 1 aromatic carbocycles. The van der Waals surface area contributed by atoms with Crippen molar-refractivity contribution in [3.05, 3.63) is 47.9 Å². The molecule has 5 rings (SSSR count). The van der Waals surface area contributed by atoms with Crippen molar-refractivity contribution in [2.24, 2.45) is 0 Å². The number of para-hydroxylation sites is 1. The first kappa shape index (κ1) is 21.5. The minimum absolute atomic E-state index is 0.0437. The maximum Gasteiger partial charge on any atom is 0.318 e. The summed E-state index contributed by atoms with van der Waals surface area (Å²) in [4.78, 5) is 27.4. The number of aromatic nitrogens is 2. The molecule has 1 atom stereocenters. The molecule has 1 amide bonds. The van der Waals surface area contributed by atoms with Gasteiger partial charge in [-0.05, 0) is 31.1 Å². The summed E-state index contributed by atoms with van der Waals surface area (Å²) >= 11 is 0. The molecule has 0 radical (unpaired) electrons. The van der Waals surface area contributed by atoms with Crippen LogP contribution < -0.4 is 19.3 Å². The Hall–Kier alpha value is -3.36. The van der Waals surface area contributed by atoms with Crippen LogP contribution in [0.15, 0.2) is 30.9 Å². The lowest BCUT2D eigenvalue weighted by Crippen LogP contribution is -2.49. The molecule has 2 aromatic rings. The average Bonchev–Trinajstić information content (AvgIpc) is 2.87. The molecule has 0 N–H and O–H groups in total. The lowest BCUT2D eigenvalue weighted by atomic mass is 9.90. The van der Waals surface area contributed by atoms with E-state index < -0.39 is 0 Å². The molecule has 1 aliphatic carbocycles. The van der Waals surface area contributed by atoms with Gasteiger partial charge in [0.25, 0.3) is 0 Å². The molecule has 0 spiro atoms. The van der Waals surface area contributed by atoms with Crippen LogP contribution in [-0.4, -0.2) is 73.3 Å². The fourth-order valence-electron chi connectivity index (χ4n) is 5.06. The number of rotatable bonds is 4. The lowest BCUT2D eigenvalue weighted by Gasteiger charge is -2.41. The second kappa shape index (κ2) is 8.88. The Kier molecular flexibility index (Phi) is 5.78. The maximum atomic E-state index is 14.7. The summed E-state index contributed by atoms with van der Waals surface area (Å²) in [5.41, 5.74) is 2.61. The number of hydrogen-bond donors (Lipinski definition) is 0. The summed E-state index contributed by atoms with van der Waals surface area (Å²) in [6.07, 6.45) is 3.71. The third-order valence-corrected chi connectivity index (χ3v) is 6.72. The van der Waals surface area contributed by atoms with Gasteiger partial charge < -0.3 is 24.2 Å². The van der Waals surface area contributed by atoms with E-state index >= 15 is 0 Å². The largest absolute Gasteiger partial charge is 0.489 e. The molecule has 1 saturated heterocycles. The number of amides is 1. The van der Waals surface area contributed by atoms with E-state index in [9.17, 15) is 9.18 Å². The van der Waals surface area contributed by atoms with E-state index in [1.165, 1.54) is 12.1 Å². The van der Waals surface area contributed by atoms with Crippen molar-refractivity contribution < 1.29 is 18.7 Å². The molecule has 3 aliphatic rings. The number of nitrogens with zero attached hydrogens (tertiary/aromatic N) is 5. The van der Waals surface area contributed by atoms with E-state index in [0.29, 0.717) is 63.2 Å². The predicted molar refractivity (Wildman–Crippen MR) is 123 cm³/mol. The molecule has 0 bridgehead atoms. The highest BCUT2D eigenvalue weighted by molar-refractivity contribution is 5.87. The monoisotopic (exact) mass is 453 g/mol. The second-order valence-electron chi connectivity index (χ2n) is 8.50. The lowest BCUT2D eigenvalue weighted by molar-refractivity contribution is -0.126. The highest BCUT2D eigenvalue weighted by atomic mass is 19.1. The van der Waals surface area contributed by atoms with E-state index in [1.807, 2.05) is 6.07 Å². The zero-order valence-electron chi connectivity index (χ0n) is 18.8. The number of halogens is 1. The number of fused-ring (bicyclic) bond motifs is 2. The van der Waals surface area contributed by atoms with Crippen LogP contribution in [0.4, 0.5) is 15.9 Å². The molecular weight excluding hydrogens is 425 g/mol. The summed E-state index contributed by atoms with van der Waals surface area (Å²) < 4.78 is 25.8. The van der Waals surface area contributed by atoms with Gasteiger partial charge in [0.05, 0.1) is 19.3 Å². The van der Waals surface area contributed by atoms with Crippen molar-refractivity contribution in [1.29, 1.82) is 0 Å². The van der Waals surface area contributed by atoms with E-state index in [-0.39, 0.29) is 17.8 Å². The molecule has 0 saturated carbocycles. The van der Waals surface area contributed by atoms with E-state index in [2.05, 4.69) is 26.3 Å². The number of hydrogen-bond acceptors (Lipinski definition) is 7. The second-order valence-corrected chi connectivity index (χ2v) is 8.50. The standard InChI is InChI=1S/C24H28FN5O3/c1-3-21(31)28-9-11-29(12-10-28)23-17-8-7-16(15-19(17)26-24(27-23)32-2)30-13-14-33-20-6-4-5-18(25)22(20)30/h3-6,16H,1,7-15H2,2H3. The first-order chi connectivity index (χ1) is 16.1. The third kappa shape index (κ3) is 3.96. The molecule has 1 fully saturated rings. The van der Waals surface area contributed by atoms with Gasteiger partial charge in [-0.3, -0.25) is 4.79 Å². The molecule has 174 valence electrons. The Morgan fingerprint density at radius 1 is 1.24 bits per heavy atom. The molecule has 9 heteroatoms. The topological polar surface area (TPSA) is 71.0 Å². The van der Waals surface area contributed by atoms with Crippen LogP contribution in [0.2, 0.25) is 0 Å². The summed E-state index contributed by atoms with van der Waals surface area (Å²) in [6.45, 7) is 7.39. The van der Waals surface area contributed by atoms with Gasteiger partial charge in [-0.2, -0.15) is 9.97 Å². The van der Waals surface area contributed by atoms with Crippen LogP contribution >= 0.6 is 0 Å². The predicted octanol–water partition coefficient (Wildman–Crippen LogP) is 2.22. The van der Waals surface area contributed by atoms with Gasteiger partial charge in [0.15, 0.2) is 0 Å². The third-order valence-electron chi connectivity index (χ3n) is 6.72. The first-order valence-corrected chi connectivity index (χ1v) is 11.4. The van der Waals surface area contributed by atoms with Crippen molar-refractivity contribution >= 4 is 17.4 Å². The summed E-state index contributed by atoms with van der Waals surface area (Å²) in [6, 6.07) is 5.44. The quantitative estimate of drug-likeness (QED) is 0.658. The van der Waals surface area contributed by atoms with Gasteiger partial charge in [-0.25, -0.2) is 4.39 Å². The van der Waals surface area contributed by atoms with Crippen molar-refractivity contribution in [2.45, 2.75) is 25.3 Å². The SMILES string of the molecule is C=CC(=O)N1CCN(c2nc(OC)nc3c2CCC(N2CCOc4cccc(F)c42)C3)CC1. The Bertz CT molecular complexity index is 1070. The highest BCUT2D eigenvalue weighted by Crippen LogP contribution is 2.39. The Morgan fingerprint density at radius 3 is 2.82 bits per heavy atom. The molecule has 2 aliphatic heterocycles. The normalized spacial score (nSPS) is 19.9. The molecule has 1 unspecified atom stereocenters. The fourth-order valence-corrected chi connectivity index (χ4v) is 5.06. The Labute approximate surface area is 192 Å². The number of ether oxygens (including phenoxy) is 2. The minimum Gasteiger partial charge on any atom is -0.489 e. The van der Waals surface area contributed by atoms with E-state index in [0.717, 1.165) is 29.9 Å². The van der Waals surface area contributed by atoms with Crippen molar-refractivity contribution in [2.75, 3.05) is 56.2 Å². The maximum absolute atomic E-state index is 14.7. The van der Waals surface area contributed by atoms with Crippen LogP contribution in [0.3, 0.4) is 0 Å². The van der Waals surface area contributed by atoms with Crippen LogP contribution in [0.25, 0.3) is 0 Å². The van der Waals surface area contributed by atoms with E-state index in [4.69, 9.17) is 9.47 Å². The van der Waals surface area contributed by atoms with Gasteiger partial charge in [0.2, 0.25) is 5.91 Å². The zero-order valence-corrected chi connectivity index (χ0v) is 18.8. The number of carbonyl (C=O) groups excluding carboxylic acids is 1. The number of carbonyl (C=O) groups is 1. The van der Waals surface area contributed by atoms with Crippen LogP contribution in [-0.2, 0) is 17.6 Å². The minimum atomic E-state index is -0.258. The number of benzene rings is 1. The number of piperazine rings is 1. The van der Waals surface area contributed by atoms with Gasteiger partial charge in [0.1, 0.15) is 29.7 Å². The van der Waals surface area contributed by atoms with Gasteiger partial charge >= 0.3 is 6.01 Å². The van der Waals surface area contributed by atoms with Crippen molar-refractivity contribution in [1.82, 2.24) is 14.9 Å². The smallest absolute Gasteiger partial charge is 0.318 e. The molecular formula is C24H28FN5O3.